The lowest BCUT2D eigenvalue weighted by molar-refractivity contribution is 0.157. The van der Waals surface area contributed by atoms with Gasteiger partial charge in [0.05, 0.1) is 11.7 Å². The molecule has 3 aromatic rings. The number of nitrogens with one attached hydrogen (secondary N) is 1. The Balaban J connectivity index is 1.33. The van der Waals surface area contributed by atoms with E-state index in [4.69, 9.17) is 9.26 Å². The van der Waals surface area contributed by atoms with Crippen LogP contribution in [0.15, 0.2) is 33.9 Å². The summed E-state index contributed by atoms with van der Waals surface area (Å²) in [5.41, 5.74) is 0.125. The molecule has 0 saturated carbocycles. The maximum Gasteiger partial charge on any atom is 0.324 e. The first-order chi connectivity index (χ1) is 15.9. The predicted octanol–water partition coefficient (Wildman–Crippen LogP) is 4.92. The molecule has 33 heavy (non-hydrogen) atoms. The van der Waals surface area contributed by atoms with Crippen LogP contribution in [0.5, 0.6) is 5.88 Å². The molecule has 11 heteroatoms. The first kappa shape index (κ1) is 21.9. The van der Waals surface area contributed by atoms with Crippen molar-refractivity contribution in [1.29, 1.82) is 0 Å². The van der Waals surface area contributed by atoms with E-state index in [1.165, 1.54) is 24.2 Å². The van der Waals surface area contributed by atoms with E-state index >= 15 is 4.39 Å². The molecule has 0 amide bonds. The molecule has 2 bridgehead atoms. The third kappa shape index (κ3) is 4.09. The first-order valence-corrected chi connectivity index (χ1v) is 12.1. The van der Waals surface area contributed by atoms with Crippen molar-refractivity contribution in [2.75, 3.05) is 16.5 Å². The van der Waals surface area contributed by atoms with Crippen LogP contribution >= 0.6 is 11.8 Å². The van der Waals surface area contributed by atoms with Crippen molar-refractivity contribution in [3.63, 3.8) is 0 Å². The zero-order valence-corrected chi connectivity index (χ0v) is 19.3. The van der Waals surface area contributed by atoms with Gasteiger partial charge in [0.15, 0.2) is 11.6 Å². The second-order valence-corrected chi connectivity index (χ2v) is 9.38. The molecule has 2 aromatic heterocycles. The van der Waals surface area contributed by atoms with Crippen LogP contribution in [-0.4, -0.2) is 44.6 Å². The summed E-state index contributed by atoms with van der Waals surface area (Å²) in [7, 11) is 0. The predicted molar refractivity (Wildman–Crippen MR) is 120 cm³/mol. The number of thioether (sulfide) groups is 1. The highest BCUT2D eigenvalue weighted by atomic mass is 32.2. The molecule has 1 aromatic carbocycles. The van der Waals surface area contributed by atoms with Crippen LogP contribution in [0.3, 0.4) is 0 Å². The highest BCUT2D eigenvalue weighted by molar-refractivity contribution is 7.98. The average molecular weight is 475 g/mol. The molecule has 3 atom stereocenters. The Morgan fingerprint density at radius 2 is 2.09 bits per heavy atom. The van der Waals surface area contributed by atoms with Crippen LogP contribution in [0.4, 0.5) is 26.3 Å². The summed E-state index contributed by atoms with van der Waals surface area (Å²) in [4.78, 5) is 15.3. The van der Waals surface area contributed by atoms with Crippen molar-refractivity contribution in [3.8, 4) is 5.88 Å². The Bertz CT molecular complexity index is 1160. The summed E-state index contributed by atoms with van der Waals surface area (Å²) < 4.78 is 41.0. The molecule has 8 nitrogen and oxygen atoms in total. The maximum absolute atomic E-state index is 15.1. The second-order valence-electron chi connectivity index (χ2n) is 8.50. The van der Waals surface area contributed by atoms with Crippen molar-refractivity contribution < 1.29 is 18.0 Å². The van der Waals surface area contributed by atoms with Gasteiger partial charge >= 0.3 is 6.01 Å². The van der Waals surface area contributed by atoms with Gasteiger partial charge in [0.25, 0.3) is 5.88 Å². The number of nitrogens with zero attached hydrogens (tertiary/aromatic N) is 5. The smallest absolute Gasteiger partial charge is 0.324 e. The van der Waals surface area contributed by atoms with Gasteiger partial charge in [-0.2, -0.15) is 14.4 Å². The minimum absolute atomic E-state index is 0.0160. The fourth-order valence-electron chi connectivity index (χ4n) is 4.44. The zero-order valence-electron chi connectivity index (χ0n) is 18.5. The number of anilines is 3. The Morgan fingerprint density at radius 1 is 1.24 bits per heavy atom. The SMILES string of the molecule is CSc1ccc(Nc2ncnc(O[C@H]3CC4CCC3N4c3nc(C(C)C)no3)c2F)c(F)c1. The summed E-state index contributed by atoms with van der Waals surface area (Å²) in [6, 6.07) is 5.33. The van der Waals surface area contributed by atoms with Gasteiger partial charge in [-0.1, -0.05) is 19.0 Å². The molecule has 0 aliphatic carbocycles. The summed E-state index contributed by atoms with van der Waals surface area (Å²) in [5, 5.41) is 6.76. The van der Waals surface area contributed by atoms with E-state index in [-0.39, 0.29) is 41.5 Å². The Labute approximate surface area is 194 Å². The Hall–Kier alpha value is -2.95. The minimum atomic E-state index is -0.764. The molecule has 2 unspecified atom stereocenters. The van der Waals surface area contributed by atoms with Crippen molar-refractivity contribution >= 4 is 29.3 Å². The lowest BCUT2D eigenvalue weighted by Crippen LogP contribution is -2.35. The molecule has 4 heterocycles. The van der Waals surface area contributed by atoms with Gasteiger partial charge in [0, 0.05) is 23.3 Å². The number of halogens is 2. The standard InChI is InChI=1S/C22H24F2N6O2S/c1-11(2)19-28-22(32-29-19)30-12-4-7-16(30)17(8-12)31-21-18(24)20(25-10-26-21)27-15-6-5-13(33-3)9-14(15)23/h5-6,9-12,16-17H,4,7-8H2,1-3H3,(H,25,26,27)/t12?,16?,17-/m0/s1. The fourth-order valence-corrected chi connectivity index (χ4v) is 4.87. The number of benzene rings is 1. The molecule has 0 radical (unpaired) electrons. The van der Waals surface area contributed by atoms with Gasteiger partial charge in [0.2, 0.25) is 5.82 Å². The number of ether oxygens (including phenoxy) is 1. The number of hydrogen-bond donors (Lipinski definition) is 1. The first-order valence-electron chi connectivity index (χ1n) is 10.8. The summed E-state index contributed by atoms with van der Waals surface area (Å²) in [6.45, 7) is 4.01. The third-order valence-corrected chi connectivity index (χ3v) is 6.82. The van der Waals surface area contributed by atoms with Gasteiger partial charge < -0.3 is 19.5 Å². The zero-order chi connectivity index (χ0) is 23.1. The quantitative estimate of drug-likeness (QED) is 0.480. The van der Waals surface area contributed by atoms with Gasteiger partial charge in [-0.3, -0.25) is 0 Å². The summed E-state index contributed by atoms with van der Waals surface area (Å²) in [6.07, 6.45) is 5.32. The minimum Gasteiger partial charge on any atom is -0.470 e. The molecule has 5 rings (SSSR count). The van der Waals surface area contributed by atoms with Gasteiger partial charge in [-0.05, 0) is 37.3 Å². The second kappa shape index (κ2) is 8.77. The normalized spacial score (nSPS) is 21.8. The van der Waals surface area contributed by atoms with Crippen molar-refractivity contribution in [2.45, 2.75) is 62.1 Å². The maximum atomic E-state index is 15.1. The van der Waals surface area contributed by atoms with E-state index in [9.17, 15) is 4.39 Å². The summed E-state index contributed by atoms with van der Waals surface area (Å²) >= 11 is 1.42. The van der Waals surface area contributed by atoms with Crippen molar-refractivity contribution in [3.05, 3.63) is 42.0 Å². The highest BCUT2D eigenvalue weighted by Crippen LogP contribution is 2.42. The molecule has 0 spiro atoms. The molecule has 2 aliphatic heterocycles. The average Bonchev–Trinajstić information content (AvgIpc) is 3.52. The summed E-state index contributed by atoms with van der Waals surface area (Å²) in [5.74, 6) is -0.748. The number of hydrogen-bond acceptors (Lipinski definition) is 9. The Morgan fingerprint density at radius 3 is 2.82 bits per heavy atom. The van der Waals surface area contributed by atoms with E-state index in [0.29, 0.717) is 18.3 Å². The van der Waals surface area contributed by atoms with Crippen LogP contribution < -0.4 is 15.0 Å². The third-order valence-electron chi connectivity index (χ3n) is 6.10. The van der Waals surface area contributed by atoms with Gasteiger partial charge in [-0.25, -0.2) is 9.37 Å². The molecule has 2 saturated heterocycles. The lowest BCUT2D eigenvalue weighted by Gasteiger charge is -2.23. The topological polar surface area (TPSA) is 89.2 Å². The Kier molecular flexibility index (Phi) is 5.81. The molecule has 2 aliphatic rings. The number of rotatable bonds is 7. The van der Waals surface area contributed by atoms with Crippen molar-refractivity contribution in [1.82, 2.24) is 20.1 Å². The number of aromatic nitrogens is 4. The molecular weight excluding hydrogens is 450 g/mol. The largest absolute Gasteiger partial charge is 0.470 e. The van der Waals surface area contributed by atoms with Gasteiger partial charge in [0.1, 0.15) is 18.2 Å². The van der Waals surface area contributed by atoms with Crippen LogP contribution in [-0.2, 0) is 0 Å². The van der Waals surface area contributed by atoms with Gasteiger partial charge in [-0.15, -0.1) is 11.8 Å². The van der Waals surface area contributed by atoms with E-state index in [1.54, 1.807) is 12.1 Å². The van der Waals surface area contributed by atoms with E-state index in [1.807, 2.05) is 20.1 Å². The van der Waals surface area contributed by atoms with E-state index in [0.717, 1.165) is 17.7 Å². The van der Waals surface area contributed by atoms with Crippen LogP contribution in [0.2, 0.25) is 0 Å². The molecule has 2 fully saturated rings. The lowest BCUT2D eigenvalue weighted by atomic mass is 9.98. The van der Waals surface area contributed by atoms with Crippen LogP contribution in [0.1, 0.15) is 44.9 Å². The molecule has 174 valence electrons. The monoisotopic (exact) mass is 474 g/mol. The molecular formula is C22H24F2N6O2S. The van der Waals surface area contributed by atoms with Crippen LogP contribution in [0.25, 0.3) is 0 Å². The fraction of sp³-hybridized carbons (Fsp3) is 0.455. The number of fused-ring (bicyclic) bond motifs is 2. The van der Waals surface area contributed by atoms with Crippen molar-refractivity contribution in [2.24, 2.45) is 0 Å². The van der Waals surface area contributed by atoms with Crippen LogP contribution in [0, 0.1) is 11.6 Å². The van der Waals surface area contributed by atoms with E-state index < -0.39 is 11.6 Å². The highest BCUT2D eigenvalue weighted by Gasteiger charge is 2.50. The molecule has 1 N–H and O–H groups in total. The van der Waals surface area contributed by atoms with E-state index in [2.05, 4.69) is 30.3 Å².